The fraction of sp³-hybridized carbons (Fsp3) is 0.421. The Morgan fingerprint density at radius 1 is 0.979 bits per heavy atom. The molecule has 9 heteroatoms. The molecule has 6 rings (SSSR count). The van der Waals surface area contributed by atoms with Gasteiger partial charge in [-0.3, -0.25) is 9.58 Å². The summed E-state index contributed by atoms with van der Waals surface area (Å²) in [5.74, 6) is 0.537. The van der Waals surface area contributed by atoms with E-state index in [1.54, 1.807) is 0 Å². The molecule has 1 fully saturated rings. The molecule has 0 atom stereocenters. The molecule has 3 aromatic carbocycles. The molecule has 3 heterocycles. The first kappa shape index (κ1) is 32.7. The van der Waals surface area contributed by atoms with Gasteiger partial charge >= 0.3 is 5.97 Å². The maximum absolute atomic E-state index is 14.2. The zero-order valence-electron chi connectivity index (χ0n) is 28.3. The highest BCUT2D eigenvalue weighted by Crippen LogP contribution is 2.39. The van der Waals surface area contributed by atoms with Crippen molar-refractivity contribution in [3.8, 4) is 16.9 Å². The van der Waals surface area contributed by atoms with Gasteiger partial charge in [0.2, 0.25) is 0 Å². The highest BCUT2D eigenvalue weighted by molar-refractivity contribution is 6.05. The number of ether oxygens (including phenoxy) is 2. The Balaban J connectivity index is 1.44. The maximum Gasteiger partial charge on any atom is 0.355 e. The molecule has 0 amide bonds. The molecule has 248 valence electrons. The maximum atomic E-state index is 14.2. The second-order valence-corrected chi connectivity index (χ2v) is 13.4. The van der Waals surface area contributed by atoms with E-state index in [1.807, 2.05) is 69.8 Å². The van der Waals surface area contributed by atoms with Gasteiger partial charge in [-0.05, 0) is 57.6 Å². The molecule has 0 bridgehead atoms. The van der Waals surface area contributed by atoms with Crippen LogP contribution in [-0.2, 0) is 31.4 Å². The molecule has 0 aliphatic carbocycles. The monoisotopic (exact) mass is 637 g/mol. The number of rotatable bonds is 11. The quantitative estimate of drug-likeness (QED) is 0.138. The summed E-state index contributed by atoms with van der Waals surface area (Å²) in [5, 5.41) is 21.6. The van der Waals surface area contributed by atoms with E-state index in [2.05, 4.69) is 50.2 Å². The Hall–Kier alpha value is -4.18. The van der Waals surface area contributed by atoms with Gasteiger partial charge < -0.3 is 24.5 Å². The summed E-state index contributed by atoms with van der Waals surface area (Å²) in [6.07, 6.45) is 1.35. The largest absolute Gasteiger partial charge is 0.493 e. The van der Waals surface area contributed by atoms with E-state index in [0.29, 0.717) is 37.4 Å². The first-order valence-electron chi connectivity index (χ1n) is 16.7. The molecule has 1 aliphatic heterocycles. The highest BCUT2D eigenvalue weighted by Gasteiger charge is 2.30. The van der Waals surface area contributed by atoms with Crippen LogP contribution in [0.25, 0.3) is 32.8 Å². The first-order valence-corrected chi connectivity index (χ1v) is 16.7. The lowest BCUT2D eigenvalue weighted by atomic mass is 9.98. The Bertz CT molecular complexity index is 1870. The van der Waals surface area contributed by atoms with Crippen LogP contribution in [0.3, 0.4) is 0 Å². The van der Waals surface area contributed by atoms with E-state index >= 15 is 0 Å². The fourth-order valence-electron chi connectivity index (χ4n) is 6.78. The number of aryl methyl sites for hydroxylation is 2. The summed E-state index contributed by atoms with van der Waals surface area (Å²) in [7, 11) is 1.90. The second-order valence-electron chi connectivity index (χ2n) is 13.4. The molecule has 9 nitrogen and oxygen atoms in total. The fourth-order valence-corrected chi connectivity index (χ4v) is 6.78. The van der Waals surface area contributed by atoms with Crippen LogP contribution in [-0.4, -0.2) is 75.3 Å². The van der Waals surface area contributed by atoms with Gasteiger partial charge in [0, 0.05) is 73.9 Å². The zero-order valence-corrected chi connectivity index (χ0v) is 28.3. The van der Waals surface area contributed by atoms with Crippen molar-refractivity contribution in [1.82, 2.24) is 24.6 Å². The number of benzene rings is 3. The topological polar surface area (TPSA) is 93.8 Å². The third kappa shape index (κ3) is 6.93. The van der Waals surface area contributed by atoms with Crippen molar-refractivity contribution in [1.29, 1.82) is 0 Å². The molecule has 0 spiro atoms. The Kier molecular flexibility index (Phi) is 9.68. The van der Waals surface area contributed by atoms with Gasteiger partial charge in [-0.25, -0.2) is 4.79 Å². The van der Waals surface area contributed by atoms with Crippen LogP contribution in [0.5, 0.6) is 5.75 Å². The van der Waals surface area contributed by atoms with Gasteiger partial charge in [0.25, 0.3) is 0 Å². The van der Waals surface area contributed by atoms with E-state index in [9.17, 15) is 9.90 Å². The van der Waals surface area contributed by atoms with Crippen LogP contribution in [0.15, 0.2) is 60.7 Å². The van der Waals surface area contributed by atoms with Crippen molar-refractivity contribution < 1.29 is 19.4 Å². The van der Waals surface area contributed by atoms with E-state index in [-0.39, 0.29) is 12.6 Å². The van der Waals surface area contributed by atoms with Crippen LogP contribution in [0.1, 0.15) is 54.6 Å². The summed E-state index contributed by atoms with van der Waals surface area (Å²) in [6.45, 7) is 13.3. The summed E-state index contributed by atoms with van der Waals surface area (Å²) in [6, 6.07) is 20.6. The van der Waals surface area contributed by atoms with Crippen molar-refractivity contribution in [3.05, 3.63) is 83.3 Å². The lowest BCUT2D eigenvalue weighted by Gasteiger charge is -2.28. The van der Waals surface area contributed by atoms with Gasteiger partial charge in [0.1, 0.15) is 17.0 Å². The SMILES string of the molecule is Cc1c(-c2cccc3c(CCCOc4cccc5ccccc45)c(C(=O)OC(C)(C)C)n(CCN4CCNCC4)c23)c(CO)nn1C. The molecule has 0 radical (unpaired) electrons. The lowest BCUT2D eigenvalue weighted by Crippen LogP contribution is -2.44. The van der Waals surface area contributed by atoms with Crippen LogP contribution in [0, 0.1) is 6.92 Å². The minimum Gasteiger partial charge on any atom is -0.493 e. The van der Waals surface area contributed by atoms with Crippen LogP contribution in [0.4, 0.5) is 0 Å². The number of hydrogen-bond donors (Lipinski definition) is 2. The predicted molar refractivity (Wildman–Crippen MR) is 187 cm³/mol. The molecular formula is C38H47N5O4. The predicted octanol–water partition coefficient (Wildman–Crippen LogP) is 5.87. The minimum absolute atomic E-state index is 0.174. The van der Waals surface area contributed by atoms with Gasteiger partial charge in [-0.1, -0.05) is 54.6 Å². The number of piperazine rings is 1. The van der Waals surface area contributed by atoms with E-state index in [1.165, 1.54) is 0 Å². The average Bonchev–Trinajstić information content (AvgIpc) is 3.54. The Morgan fingerprint density at radius 2 is 1.70 bits per heavy atom. The van der Waals surface area contributed by atoms with Crippen molar-refractivity contribution >= 4 is 27.6 Å². The van der Waals surface area contributed by atoms with Gasteiger partial charge in [0.05, 0.1) is 24.4 Å². The van der Waals surface area contributed by atoms with Crippen LogP contribution >= 0.6 is 0 Å². The minimum atomic E-state index is -0.654. The molecule has 1 aliphatic rings. The molecule has 0 unspecified atom stereocenters. The third-order valence-corrected chi connectivity index (χ3v) is 9.03. The van der Waals surface area contributed by atoms with Crippen molar-refractivity contribution in [3.63, 3.8) is 0 Å². The standard InChI is InChI=1S/C38H47N5O4/c1-26-34(32(25-44)40-41(26)5)31-15-9-14-29-30(16-10-24-46-33-17-8-12-27-11-6-7-13-28(27)33)36(37(45)47-38(2,3)4)43(35(29)31)23-22-42-20-18-39-19-21-42/h6-9,11-15,17,39,44H,10,16,18-25H2,1-5H3. The number of carbonyl (C=O) groups excluding carboxylic acids is 1. The van der Waals surface area contributed by atoms with Gasteiger partial charge in [0.15, 0.2) is 0 Å². The normalized spacial score (nSPS) is 14.3. The summed E-state index contributed by atoms with van der Waals surface area (Å²) in [5.41, 5.74) is 5.32. The molecule has 47 heavy (non-hydrogen) atoms. The highest BCUT2D eigenvalue weighted by atomic mass is 16.6. The first-order chi connectivity index (χ1) is 22.7. The summed E-state index contributed by atoms with van der Waals surface area (Å²) in [4.78, 5) is 16.7. The number of aromatic nitrogens is 3. The zero-order chi connectivity index (χ0) is 33.1. The summed E-state index contributed by atoms with van der Waals surface area (Å²) >= 11 is 0. The van der Waals surface area contributed by atoms with E-state index in [0.717, 1.165) is 82.5 Å². The van der Waals surface area contributed by atoms with Crippen molar-refractivity contribution in [2.24, 2.45) is 7.05 Å². The number of nitrogens with zero attached hydrogens (tertiary/aromatic N) is 4. The molecule has 2 aromatic heterocycles. The van der Waals surface area contributed by atoms with E-state index < -0.39 is 5.60 Å². The molecule has 2 N–H and O–H groups in total. The summed E-state index contributed by atoms with van der Waals surface area (Å²) < 4.78 is 16.4. The van der Waals surface area contributed by atoms with Crippen molar-refractivity contribution in [2.45, 2.75) is 59.3 Å². The third-order valence-electron chi connectivity index (χ3n) is 9.03. The van der Waals surface area contributed by atoms with Crippen LogP contribution < -0.4 is 10.1 Å². The van der Waals surface area contributed by atoms with Crippen molar-refractivity contribution in [2.75, 3.05) is 39.3 Å². The molecule has 5 aromatic rings. The number of aliphatic hydroxyl groups excluding tert-OH is 1. The Labute approximate surface area is 277 Å². The number of nitrogens with one attached hydrogen (secondary N) is 1. The Morgan fingerprint density at radius 3 is 2.47 bits per heavy atom. The number of esters is 1. The van der Waals surface area contributed by atoms with Crippen LogP contribution in [0.2, 0.25) is 0 Å². The second kappa shape index (κ2) is 13.9. The van der Waals surface area contributed by atoms with Gasteiger partial charge in [-0.15, -0.1) is 0 Å². The number of aliphatic hydroxyl groups is 1. The van der Waals surface area contributed by atoms with Gasteiger partial charge in [-0.2, -0.15) is 5.10 Å². The number of fused-ring (bicyclic) bond motifs is 2. The lowest BCUT2D eigenvalue weighted by molar-refractivity contribution is 0.00561. The average molecular weight is 638 g/mol. The number of para-hydroxylation sites is 1. The number of carbonyl (C=O) groups is 1. The smallest absolute Gasteiger partial charge is 0.355 e. The molecular weight excluding hydrogens is 590 g/mol. The number of hydrogen-bond acceptors (Lipinski definition) is 7. The van der Waals surface area contributed by atoms with E-state index in [4.69, 9.17) is 9.47 Å². The molecule has 0 saturated carbocycles. The molecule has 1 saturated heterocycles.